The summed E-state index contributed by atoms with van der Waals surface area (Å²) in [7, 11) is 0. The lowest BCUT2D eigenvalue weighted by molar-refractivity contribution is -0.124. The molecule has 2 atom stereocenters. The van der Waals surface area contributed by atoms with Crippen molar-refractivity contribution in [3.8, 4) is 0 Å². The predicted molar refractivity (Wildman–Crippen MR) is 71.0 cm³/mol. The minimum absolute atomic E-state index is 0.0923. The van der Waals surface area contributed by atoms with E-state index >= 15 is 0 Å². The molecule has 3 N–H and O–H groups in total. The average Bonchev–Trinajstić information content (AvgIpc) is 2.43. The summed E-state index contributed by atoms with van der Waals surface area (Å²) in [6.07, 6.45) is 3.44. The maximum Gasteiger partial charge on any atom is 0.237 e. The second-order valence-corrected chi connectivity index (χ2v) is 6.01. The zero-order chi connectivity index (χ0) is 12.9. The van der Waals surface area contributed by atoms with Crippen LogP contribution in [0, 0.1) is 0 Å². The van der Waals surface area contributed by atoms with Crippen molar-refractivity contribution in [3.63, 3.8) is 0 Å². The van der Waals surface area contributed by atoms with E-state index in [0.29, 0.717) is 6.04 Å². The van der Waals surface area contributed by atoms with Crippen LogP contribution in [0.15, 0.2) is 0 Å². The molecule has 100 valence electrons. The van der Waals surface area contributed by atoms with Gasteiger partial charge in [-0.1, -0.05) is 0 Å². The third kappa shape index (κ3) is 6.03. The lowest BCUT2D eigenvalue weighted by Gasteiger charge is -2.26. The van der Waals surface area contributed by atoms with E-state index in [2.05, 4.69) is 16.0 Å². The Morgan fingerprint density at radius 3 is 2.65 bits per heavy atom. The van der Waals surface area contributed by atoms with Crippen molar-refractivity contribution >= 4 is 5.91 Å². The Labute approximate surface area is 105 Å². The first kappa shape index (κ1) is 14.5. The van der Waals surface area contributed by atoms with Crippen LogP contribution in [0.4, 0.5) is 0 Å². The van der Waals surface area contributed by atoms with Gasteiger partial charge < -0.3 is 16.0 Å². The van der Waals surface area contributed by atoms with Crippen molar-refractivity contribution in [3.05, 3.63) is 0 Å². The lowest BCUT2D eigenvalue weighted by Crippen LogP contribution is -2.51. The topological polar surface area (TPSA) is 53.2 Å². The first-order chi connectivity index (χ1) is 7.88. The predicted octanol–water partition coefficient (Wildman–Crippen LogP) is 1.02. The summed E-state index contributed by atoms with van der Waals surface area (Å²) in [5, 5.41) is 9.81. The van der Waals surface area contributed by atoms with Crippen LogP contribution in [0.3, 0.4) is 0 Å². The Morgan fingerprint density at radius 2 is 2.00 bits per heavy atom. The number of nitrogens with one attached hydrogen (secondary N) is 3. The van der Waals surface area contributed by atoms with Crippen LogP contribution in [0.25, 0.3) is 0 Å². The van der Waals surface area contributed by atoms with Gasteiger partial charge in [-0.25, -0.2) is 0 Å². The van der Waals surface area contributed by atoms with Gasteiger partial charge in [-0.3, -0.25) is 4.79 Å². The summed E-state index contributed by atoms with van der Waals surface area (Å²) in [5.74, 6) is 0.0923. The van der Waals surface area contributed by atoms with Gasteiger partial charge in [0.05, 0.1) is 6.04 Å². The molecule has 0 aromatic carbocycles. The quantitative estimate of drug-likeness (QED) is 0.691. The van der Waals surface area contributed by atoms with Gasteiger partial charge in [-0.2, -0.15) is 0 Å². The van der Waals surface area contributed by atoms with Crippen molar-refractivity contribution in [1.82, 2.24) is 16.0 Å². The number of carbonyl (C=O) groups is 1. The van der Waals surface area contributed by atoms with Gasteiger partial charge in [0, 0.05) is 11.6 Å². The summed E-state index contributed by atoms with van der Waals surface area (Å²) in [6.45, 7) is 10.1. The maximum atomic E-state index is 11.9. The smallest absolute Gasteiger partial charge is 0.237 e. The van der Waals surface area contributed by atoms with Gasteiger partial charge in [0.1, 0.15) is 0 Å². The normalized spacial score (nSPS) is 23.9. The summed E-state index contributed by atoms with van der Waals surface area (Å²) in [4.78, 5) is 11.9. The number of hydrogen-bond acceptors (Lipinski definition) is 3. The fourth-order valence-electron chi connectivity index (χ4n) is 2.09. The molecule has 1 aliphatic rings. The van der Waals surface area contributed by atoms with Crippen molar-refractivity contribution < 1.29 is 4.79 Å². The standard InChI is InChI=1S/C13H27N3O/c1-10(12(17)16-13(2,3)4)15-11-6-5-8-14-9-7-11/h10-11,14-15H,5-9H2,1-4H3,(H,16,17). The molecule has 1 heterocycles. The monoisotopic (exact) mass is 241 g/mol. The van der Waals surface area contributed by atoms with E-state index in [-0.39, 0.29) is 17.5 Å². The zero-order valence-electron chi connectivity index (χ0n) is 11.6. The van der Waals surface area contributed by atoms with Crippen LogP contribution in [0.1, 0.15) is 47.0 Å². The number of carbonyl (C=O) groups excluding carboxylic acids is 1. The van der Waals surface area contributed by atoms with Crippen LogP contribution in [0.2, 0.25) is 0 Å². The van der Waals surface area contributed by atoms with Crippen LogP contribution >= 0.6 is 0 Å². The third-order valence-electron chi connectivity index (χ3n) is 2.95. The Hall–Kier alpha value is -0.610. The molecule has 4 heteroatoms. The van der Waals surface area contributed by atoms with Crippen LogP contribution in [-0.2, 0) is 4.79 Å². The zero-order valence-corrected chi connectivity index (χ0v) is 11.6. The largest absolute Gasteiger partial charge is 0.350 e. The van der Waals surface area contributed by atoms with E-state index in [1.54, 1.807) is 0 Å². The first-order valence-electron chi connectivity index (χ1n) is 6.67. The highest BCUT2D eigenvalue weighted by Gasteiger charge is 2.22. The second-order valence-electron chi connectivity index (χ2n) is 6.01. The van der Waals surface area contributed by atoms with E-state index in [4.69, 9.17) is 0 Å². The fraction of sp³-hybridized carbons (Fsp3) is 0.923. The molecule has 1 saturated heterocycles. The van der Waals surface area contributed by atoms with Crippen molar-refractivity contribution in [2.45, 2.75) is 64.6 Å². The molecule has 0 radical (unpaired) electrons. The molecule has 1 aliphatic heterocycles. The van der Waals surface area contributed by atoms with E-state index < -0.39 is 0 Å². The molecule has 1 rings (SSSR count). The molecular weight excluding hydrogens is 214 g/mol. The van der Waals surface area contributed by atoms with Crippen molar-refractivity contribution in [1.29, 1.82) is 0 Å². The first-order valence-corrected chi connectivity index (χ1v) is 6.67. The van der Waals surface area contributed by atoms with E-state index in [1.165, 1.54) is 6.42 Å². The summed E-state index contributed by atoms with van der Waals surface area (Å²) in [6, 6.07) is 0.350. The Balaban J connectivity index is 2.36. The molecule has 0 saturated carbocycles. The van der Waals surface area contributed by atoms with Crippen LogP contribution in [-0.4, -0.2) is 36.6 Å². The van der Waals surface area contributed by atoms with Gasteiger partial charge in [0.15, 0.2) is 0 Å². The molecule has 0 bridgehead atoms. The summed E-state index contributed by atoms with van der Waals surface area (Å²) < 4.78 is 0. The number of hydrogen-bond donors (Lipinski definition) is 3. The average molecular weight is 241 g/mol. The summed E-state index contributed by atoms with van der Waals surface area (Å²) >= 11 is 0. The lowest BCUT2D eigenvalue weighted by atomic mass is 10.1. The Bertz CT molecular complexity index is 240. The van der Waals surface area contributed by atoms with E-state index in [0.717, 1.165) is 25.9 Å². The Morgan fingerprint density at radius 1 is 1.29 bits per heavy atom. The molecular formula is C13H27N3O. The van der Waals surface area contributed by atoms with Crippen LogP contribution in [0.5, 0.6) is 0 Å². The third-order valence-corrected chi connectivity index (χ3v) is 2.95. The van der Waals surface area contributed by atoms with Gasteiger partial charge in [0.25, 0.3) is 0 Å². The fourth-order valence-corrected chi connectivity index (χ4v) is 2.09. The molecule has 17 heavy (non-hydrogen) atoms. The Kier molecular flexibility index (Phi) is 5.40. The highest BCUT2D eigenvalue weighted by molar-refractivity contribution is 5.81. The van der Waals surface area contributed by atoms with Gasteiger partial charge in [0.2, 0.25) is 5.91 Å². The molecule has 1 amide bonds. The van der Waals surface area contributed by atoms with E-state index in [1.807, 2.05) is 27.7 Å². The van der Waals surface area contributed by atoms with Gasteiger partial charge >= 0.3 is 0 Å². The number of rotatable bonds is 3. The summed E-state index contributed by atoms with van der Waals surface area (Å²) in [5.41, 5.74) is -0.155. The minimum Gasteiger partial charge on any atom is -0.350 e. The molecule has 2 unspecified atom stereocenters. The van der Waals surface area contributed by atoms with Crippen molar-refractivity contribution in [2.24, 2.45) is 0 Å². The minimum atomic E-state index is -0.155. The molecule has 0 aliphatic carbocycles. The molecule has 0 spiro atoms. The number of amides is 1. The molecule has 4 nitrogen and oxygen atoms in total. The highest BCUT2D eigenvalue weighted by Crippen LogP contribution is 2.07. The molecule has 0 aromatic rings. The molecule has 0 aromatic heterocycles. The van der Waals surface area contributed by atoms with Gasteiger partial charge in [-0.05, 0) is 60.0 Å². The van der Waals surface area contributed by atoms with Gasteiger partial charge in [-0.15, -0.1) is 0 Å². The van der Waals surface area contributed by atoms with E-state index in [9.17, 15) is 4.79 Å². The van der Waals surface area contributed by atoms with Crippen molar-refractivity contribution in [2.75, 3.05) is 13.1 Å². The highest BCUT2D eigenvalue weighted by atomic mass is 16.2. The maximum absolute atomic E-state index is 11.9. The van der Waals surface area contributed by atoms with Crippen LogP contribution < -0.4 is 16.0 Å². The molecule has 1 fully saturated rings. The SMILES string of the molecule is CC(NC1CCCNCC1)C(=O)NC(C)(C)C. The second kappa shape index (κ2) is 6.36.